The molecule has 1 N–H and O–H groups in total. The molecule has 68 valence electrons. The summed E-state index contributed by atoms with van der Waals surface area (Å²) in [4.78, 5) is 7.48. The van der Waals surface area contributed by atoms with Crippen molar-refractivity contribution >= 4 is 10.9 Å². The molecule has 0 unspecified atom stereocenters. The molecule has 0 fully saturated rings. The van der Waals surface area contributed by atoms with Crippen LogP contribution in [0.1, 0.15) is 26.5 Å². The summed E-state index contributed by atoms with van der Waals surface area (Å²) in [6.07, 6.45) is 3.70. The van der Waals surface area contributed by atoms with Gasteiger partial charge in [-0.3, -0.25) is 4.98 Å². The van der Waals surface area contributed by atoms with Crippen molar-refractivity contribution in [2.45, 2.75) is 26.2 Å². The molecule has 0 saturated carbocycles. The number of hydrogen-bond donors (Lipinski definition) is 1. The number of pyridine rings is 1. The molecule has 0 aromatic carbocycles. The molecular formula is C11H14N2. The fourth-order valence-electron chi connectivity index (χ4n) is 1.38. The van der Waals surface area contributed by atoms with Crippen LogP contribution in [0.2, 0.25) is 0 Å². The lowest BCUT2D eigenvalue weighted by atomic mass is 9.92. The number of rotatable bonds is 0. The summed E-state index contributed by atoms with van der Waals surface area (Å²) in [5.41, 5.74) is 2.61. The number of hydrogen-bond acceptors (Lipinski definition) is 1. The Hall–Kier alpha value is -1.31. The molecule has 2 aromatic heterocycles. The summed E-state index contributed by atoms with van der Waals surface area (Å²) >= 11 is 0. The van der Waals surface area contributed by atoms with Crippen molar-refractivity contribution in [2.24, 2.45) is 0 Å². The van der Waals surface area contributed by atoms with E-state index in [1.165, 1.54) is 16.6 Å². The molecule has 0 spiro atoms. The van der Waals surface area contributed by atoms with Crippen molar-refractivity contribution in [3.05, 3.63) is 30.2 Å². The highest BCUT2D eigenvalue weighted by molar-refractivity contribution is 5.79. The minimum Gasteiger partial charge on any atom is -0.358 e. The average Bonchev–Trinajstić information content (AvgIpc) is 2.45. The zero-order chi connectivity index (χ0) is 9.47. The summed E-state index contributed by atoms with van der Waals surface area (Å²) < 4.78 is 0. The minimum absolute atomic E-state index is 0.180. The second-order valence-corrected chi connectivity index (χ2v) is 4.40. The quantitative estimate of drug-likeness (QED) is 0.653. The second-order valence-electron chi connectivity index (χ2n) is 4.40. The van der Waals surface area contributed by atoms with E-state index in [1.54, 1.807) is 0 Å². The SMILES string of the molecule is CC(C)(C)c1cc2cnccc2[nH]1. The van der Waals surface area contributed by atoms with E-state index in [1.807, 2.05) is 18.5 Å². The third-order valence-corrected chi connectivity index (χ3v) is 2.23. The van der Waals surface area contributed by atoms with E-state index in [4.69, 9.17) is 0 Å². The maximum atomic E-state index is 4.09. The number of H-pyrrole nitrogens is 1. The Balaban J connectivity index is 2.63. The van der Waals surface area contributed by atoms with Crippen LogP contribution in [0.5, 0.6) is 0 Å². The number of aromatic nitrogens is 2. The summed E-state index contributed by atoms with van der Waals surface area (Å²) in [6, 6.07) is 4.17. The van der Waals surface area contributed by atoms with Crippen LogP contribution in [0.15, 0.2) is 24.5 Å². The highest BCUT2D eigenvalue weighted by Gasteiger charge is 2.15. The van der Waals surface area contributed by atoms with Crippen molar-refractivity contribution in [2.75, 3.05) is 0 Å². The summed E-state index contributed by atoms with van der Waals surface area (Å²) in [7, 11) is 0. The standard InChI is InChI=1S/C11H14N2/c1-11(2,3)10-6-8-7-12-5-4-9(8)13-10/h4-7,13H,1-3H3. The molecule has 0 aliphatic carbocycles. The van der Waals surface area contributed by atoms with Gasteiger partial charge in [0.1, 0.15) is 0 Å². The first-order valence-electron chi connectivity index (χ1n) is 4.50. The van der Waals surface area contributed by atoms with Gasteiger partial charge in [-0.05, 0) is 12.1 Å². The van der Waals surface area contributed by atoms with Gasteiger partial charge in [0.2, 0.25) is 0 Å². The fraction of sp³-hybridized carbons (Fsp3) is 0.364. The Morgan fingerprint density at radius 2 is 2.08 bits per heavy atom. The third-order valence-electron chi connectivity index (χ3n) is 2.23. The number of nitrogens with zero attached hydrogens (tertiary/aromatic N) is 1. The predicted octanol–water partition coefficient (Wildman–Crippen LogP) is 2.86. The maximum Gasteiger partial charge on any atom is 0.0487 e. The predicted molar refractivity (Wildman–Crippen MR) is 54.8 cm³/mol. The summed E-state index contributed by atoms with van der Waals surface area (Å²) in [5.74, 6) is 0. The monoisotopic (exact) mass is 174 g/mol. The molecule has 0 amide bonds. The molecule has 0 aliphatic heterocycles. The largest absolute Gasteiger partial charge is 0.358 e. The molecule has 2 heteroatoms. The van der Waals surface area contributed by atoms with Crippen LogP contribution in [0.3, 0.4) is 0 Å². The van der Waals surface area contributed by atoms with Gasteiger partial charge in [-0.15, -0.1) is 0 Å². The Morgan fingerprint density at radius 3 is 2.69 bits per heavy atom. The molecule has 2 heterocycles. The van der Waals surface area contributed by atoms with Gasteiger partial charge in [0.15, 0.2) is 0 Å². The van der Waals surface area contributed by atoms with Gasteiger partial charge < -0.3 is 4.98 Å². The van der Waals surface area contributed by atoms with Gasteiger partial charge in [-0.2, -0.15) is 0 Å². The molecule has 0 atom stereocenters. The van der Waals surface area contributed by atoms with E-state index in [2.05, 4.69) is 36.8 Å². The second kappa shape index (κ2) is 2.59. The fourth-order valence-corrected chi connectivity index (χ4v) is 1.38. The Morgan fingerprint density at radius 1 is 1.31 bits per heavy atom. The van der Waals surface area contributed by atoms with Crippen LogP contribution >= 0.6 is 0 Å². The Labute approximate surface area is 78.0 Å². The van der Waals surface area contributed by atoms with E-state index >= 15 is 0 Å². The highest BCUT2D eigenvalue weighted by atomic mass is 14.7. The highest BCUT2D eigenvalue weighted by Crippen LogP contribution is 2.24. The van der Waals surface area contributed by atoms with E-state index in [0.717, 1.165) is 0 Å². The van der Waals surface area contributed by atoms with Crippen LogP contribution in [0, 0.1) is 0 Å². The molecular weight excluding hydrogens is 160 g/mol. The lowest BCUT2D eigenvalue weighted by Crippen LogP contribution is -2.10. The van der Waals surface area contributed by atoms with E-state index in [9.17, 15) is 0 Å². The van der Waals surface area contributed by atoms with Gasteiger partial charge in [0, 0.05) is 34.4 Å². The van der Waals surface area contributed by atoms with Crippen molar-refractivity contribution in [1.29, 1.82) is 0 Å². The smallest absolute Gasteiger partial charge is 0.0487 e. The molecule has 0 radical (unpaired) electrons. The first-order chi connectivity index (χ1) is 6.07. The molecule has 2 rings (SSSR count). The van der Waals surface area contributed by atoms with Gasteiger partial charge in [-0.1, -0.05) is 20.8 Å². The first kappa shape index (κ1) is 8.30. The van der Waals surface area contributed by atoms with Crippen LogP contribution < -0.4 is 0 Å². The van der Waals surface area contributed by atoms with Crippen molar-refractivity contribution in [3.8, 4) is 0 Å². The van der Waals surface area contributed by atoms with Crippen molar-refractivity contribution < 1.29 is 0 Å². The molecule has 2 aromatic rings. The van der Waals surface area contributed by atoms with E-state index in [0.29, 0.717) is 0 Å². The molecule has 0 bridgehead atoms. The normalized spacial score (nSPS) is 12.2. The van der Waals surface area contributed by atoms with Crippen LogP contribution in [0.4, 0.5) is 0 Å². The van der Waals surface area contributed by atoms with Crippen LogP contribution in [0.25, 0.3) is 10.9 Å². The van der Waals surface area contributed by atoms with Gasteiger partial charge >= 0.3 is 0 Å². The third kappa shape index (κ3) is 1.44. The van der Waals surface area contributed by atoms with Gasteiger partial charge in [-0.25, -0.2) is 0 Å². The van der Waals surface area contributed by atoms with Crippen molar-refractivity contribution in [3.63, 3.8) is 0 Å². The van der Waals surface area contributed by atoms with Crippen molar-refractivity contribution in [1.82, 2.24) is 9.97 Å². The molecule has 2 nitrogen and oxygen atoms in total. The van der Waals surface area contributed by atoms with E-state index < -0.39 is 0 Å². The Bertz CT molecular complexity index is 388. The number of aromatic amines is 1. The Kier molecular flexibility index (Phi) is 1.65. The van der Waals surface area contributed by atoms with Gasteiger partial charge in [0.05, 0.1) is 0 Å². The van der Waals surface area contributed by atoms with Gasteiger partial charge in [0.25, 0.3) is 0 Å². The minimum atomic E-state index is 0.180. The molecule has 13 heavy (non-hydrogen) atoms. The molecule has 0 saturated heterocycles. The lowest BCUT2D eigenvalue weighted by Gasteiger charge is -2.15. The molecule has 0 aliphatic rings. The zero-order valence-electron chi connectivity index (χ0n) is 8.26. The summed E-state index contributed by atoms with van der Waals surface area (Å²) in [5, 5.41) is 1.19. The zero-order valence-corrected chi connectivity index (χ0v) is 8.26. The van der Waals surface area contributed by atoms with Crippen LogP contribution in [-0.2, 0) is 5.41 Å². The topological polar surface area (TPSA) is 28.7 Å². The summed E-state index contributed by atoms with van der Waals surface area (Å²) in [6.45, 7) is 6.60. The first-order valence-corrected chi connectivity index (χ1v) is 4.50. The van der Waals surface area contributed by atoms with Crippen LogP contribution in [-0.4, -0.2) is 9.97 Å². The number of fused-ring (bicyclic) bond motifs is 1. The average molecular weight is 174 g/mol. The number of nitrogens with one attached hydrogen (secondary N) is 1. The van der Waals surface area contributed by atoms with E-state index in [-0.39, 0.29) is 5.41 Å². The lowest BCUT2D eigenvalue weighted by molar-refractivity contribution is 0.574. The maximum absolute atomic E-state index is 4.09.